The van der Waals surface area contributed by atoms with Gasteiger partial charge in [0.25, 0.3) is 0 Å². The van der Waals surface area contributed by atoms with Gasteiger partial charge in [-0.15, -0.1) is 0 Å². The maximum absolute atomic E-state index is 12.2. The molecule has 0 radical (unpaired) electrons. The molecular weight excluding hydrogens is 296 g/mol. The van der Waals surface area contributed by atoms with Gasteiger partial charge in [-0.25, -0.2) is 4.79 Å². The number of hydrogen-bond acceptors (Lipinski definition) is 4. The smallest absolute Gasteiger partial charge is 0.312 e. The zero-order chi connectivity index (χ0) is 16.8. The van der Waals surface area contributed by atoms with Crippen LogP contribution in [0.4, 0.5) is 4.79 Å². The fraction of sp³-hybridized carbons (Fsp3) is 0.500. The Morgan fingerprint density at radius 1 is 1.22 bits per heavy atom. The maximum Gasteiger partial charge on any atom is 0.312 e. The highest BCUT2D eigenvalue weighted by Gasteiger charge is 2.26. The van der Waals surface area contributed by atoms with Crippen molar-refractivity contribution < 1.29 is 14.7 Å². The summed E-state index contributed by atoms with van der Waals surface area (Å²) in [5, 5.41) is 12.7. The molecule has 126 valence electrons. The molecule has 2 unspecified atom stereocenters. The molecule has 1 aliphatic heterocycles. The largest absolute Gasteiger partial charge is 0.387 e. The fourth-order valence-electron chi connectivity index (χ4n) is 2.72. The summed E-state index contributed by atoms with van der Waals surface area (Å²) in [6.07, 6.45) is -0.533. The number of β-amino-alcohol motifs (C(OH)–C–C–N with tert-alkyl or cyclic N) is 1. The molecule has 4 N–H and O–H groups in total. The number of nitrogens with two attached hydrogens (primary N) is 1. The summed E-state index contributed by atoms with van der Waals surface area (Å²) in [7, 11) is 0. The molecule has 7 heteroatoms. The Hall–Kier alpha value is -2.12. The number of aliphatic hydroxyl groups excluding tert-OH is 1. The van der Waals surface area contributed by atoms with E-state index in [0.717, 1.165) is 5.56 Å². The average molecular weight is 320 g/mol. The summed E-state index contributed by atoms with van der Waals surface area (Å²) < 4.78 is 0. The standard InChI is InChI=1S/C16H24N4O3/c1-12(18-16(17)23)15(22)20-9-7-19(8-10-20)11-14(21)13-5-3-2-4-6-13/h2-6,12,14,21H,7-11H2,1H3,(H3,17,18,23). The normalized spacial score (nSPS) is 18.3. The summed E-state index contributed by atoms with van der Waals surface area (Å²) in [5.74, 6) is -0.132. The molecule has 23 heavy (non-hydrogen) atoms. The lowest BCUT2D eigenvalue weighted by Crippen LogP contribution is -2.55. The Kier molecular flexibility index (Phi) is 5.95. The Morgan fingerprint density at radius 2 is 1.83 bits per heavy atom. The minimum Gasteiger partial charge on any atom is -0.387 e. The van der Waals surface area contributed by atoms with E-state index in [9.17, 15) is 14.7 Å². The van der Waals surface area contributed by atoms with Crippen molar-refractivity contribution in [1.29, 1.82) is 0 Å². The molecule has 0 aromatic heterocycles. The highest BCUT2D eigenvalue weighted by atomic mass is 16.3. The number of piperazine rings is 1. The molecule has 1 aliphatic rings. The molecule has 0 aliphatic carbocycles. The molecule has 2 rings (SSSR count). The molecular formula is C16H24N4O3. The van der Waals surface area contributed by atoms with E-state index in [1.165, 1.54) is 0 Å². The van der Waals surface area contributed by atoms with Crippen molar-refractivity contribution in [2.45, 2.75) is 19.1 Å². The average Bonchev–Trinajstić information content (AvgIpc) is 2.55. The first-order chi connectivity index (χ1) is 11.0. The van der Waals surface area contributed by atoms with E-state index in [4.69, 9.17) is 5.73 Å². The number of urea groups is 1. The van der Waals surface area contributed by atoms with E-state index in [1.807, 2.05) is 30.3 Å². The van der Waals surface area contributed by atoms with Gasteiger partial charge in [-0.3, -0.25) is 9.69 Å². The van der Waals surface area contributed by atoms with E-state index < -0.39 is 18.2 Å². The van der Waals surface area contributed by atoms with E-state index >= 15 is 0 Å². The monoisotopic (exact) mass is 320 g/mol. The van der Waals surface area contributed by atoms with Crippen LogP contribution in [0.3, 0.4) is 0 Å². The van der Waals surface area contributed by atoms with Crippen molar-refractivity contribution in [3.05, 3.63) is 35.9 Å². The number of aliphatic hydroxyl groups is 1. The Balaban J connectivity index is 1.79. The van der Waals surface area contributed by atoms with Crippen molar-refractivity contribution in [3.8, 4) is 0 Å². The van der Waals surface area contributed by atoms with Crippen LogP contribution in [-0.4, -0.2) is 65.6 Å². The molecule has 1 heterocycles. The predicted molar refractivity (Wildman–Crippen MR) is 86.6 cm³/mol. The van der Waals surface area contributed by atoms with Crippen LogP contribution in [0.25, 0.3) is 0 Å². The molecule has 0 bridgehead atoms. The highest BCUT2D eigenvalue weighted by Crippen LogP contribution is 2.15. The second-order valence-electron chi connectivity index (χ2n) is 5.78. The molecule has 1 aromatic rings. The molecule has 7 nitrogen and oxygen atoms in total. The second kappa shape index (κ2) is 7.94. The van der Waals surface area contributed by atoms with Crippen LogP contribution in [0.2, 0.25) is 0 Å². The lowest BCUT2D eigenvalue weighted by atomic mass is 10.1. The van der Waals surface area contributed by atoms with E-state index in [1.54, 1.807) is 11.8 Å². The van der Waals surface area contributed by atoms with Gasteiger partial charge in [0.1, 0.15) is 6.04 Å². The molecule has 1 saturated heterocycles. The van der Waals surface area contributed by atoms with Crippen molar-refractivity contribution in [3.63, 3.8) is 0 Å². The number of primary amides is 1. The molecule has 1 fully saturated rings. The zero-order valence-corrected chi connectivity index (χ0v) is 13.3. The van der Waals surface area contributed by atoms with Crippen molar-refractivity contribution in [1.82, 2.24) is 15.1 Å². The highest BCUT2D eigenvalue weighted by molar-refractivity contribution is 5.86. The predicted octanol–water partition coefficient (Wildman–Crippen LogP) is -0.0790. The van der Waals surface area contributed by atoms with Gasteiger partial charge in [0, 0.05) is 32.7 Å². The lowest BCUT2D eigenvalue weighted by molar-refractivity contribution is -0.134. The number of carbonyl (C=O) groups excluding carboxylic acids is 2. The van der Waals surface area contributed by atoms with Gasteiger partial charge in [0.05, 0.1) is 6.10 Å². The van der Waals surface area contributed by atoms with Crippen LogP contribution in [0.15, 0.2) is 30.3 Å². The Morgan fingerprint density at radius 3 is 2.39 bits per heavy atom. The molecule has 3 amide bonds. The summed E-state index contributed by atoms with van der Waals surface area (Å²) in [6.45, 7) is 4.70. The van der Waals surface area contributed by atoms with Crippen molar-refractivity contribution >= 4 is 11.9 Å². The van der Waals surface area contributed by atoms with Crippen LogP contribution >= 0.6 is 0 Å². The van der Waals surface area contributed by atoms with Gasteiger partial charge in [0.15, 0.2) is 0 Å². The van der Waals surface area contributed by atoms with E-state index in [0.29, 0.717) is 32.7 Å². The zero-order valence-electron chi connectivity index (χ0n) is 13.3. The van der Waals surface area contributed by atoms with Crippen molar-refractivity contribution in [2.75, 3.05) is 32.7 Å². The number of nitrogens with zero attached hydrogens (tertiary/aromatic N) is 2. The van der Waals surface area contributed by atoms with Crippen LogP contribution in [0, 0.1) is 0 Å². The topological polar surface area (TPSA) is 98.9 Å². The minimum atomic E-state index is -0.699. The maximum atomic E-state index is 12.2. The lowest BCUT2D eigenvalue weighted by Gasteiger charge is -2.36. The summed E-state index contributed by atoms with van der Waals surface area (Å²) in [5.41, 5.74) is 5.93. The third kappa shape index (κ3) is 4.94. The summed E-state index contributed by atoms with van der Waals surface area (Å²) in [4.78, 5) is 26.8. The van der Waals surface area contributed by atoms with Crippen LogP contribution < -0.4 is 11.1 Å². The first-order valence-electron chi connectivity index (χ1n) is 7.77. The number of rotatable bonds is 5. The van der Waals surface area contributed by atoms with Crippen LogP contribution in [-0.2, 0) is 4.79 Å². The third-order valence-electron chi connectivity index (χ3n) is 4.03. The molecule has 2 atom stereocenters. The van der Waals surface area contributed by atoms with Gasteiger partial charge in [-0.1, -0.05) is 30.3 Å². The van der Waals surface area contributed by atoms with Gasteiger partial charge < -0.3 is 21.1 Å². The van der Waals surface area contributed by atoms with Gasteiger partial charge >= 0.3 is 6.03 Å². The van der Waals surface area contributed by atoms with Crippen LogP contribution in [0.5, 0.6) is 0 Å². The number of nitrogens with one attached hydrogen (secondary N) is 1. The van der Waals surface area contributed by atoms with E-state index in [2.05, 4.69) is 10.2 Å². The van der Waals surface area contributed by atoms with Gasteiger partial charge in [-0.05, 0) is 12.5 Å². The third-order valence-corrected chi connectivity index (χ3v) is 4.03. The van der Waals surface area contributed by atoms with Gasteiger partial charge in [0.2, 0.25) is 5.91 Å². The SMILES string of the molecule is CC(NC(N)=O)C(=O)N1CCN(CC(O)c2ccccc2)CC1. The summed E-state index contributed by atoms with van der Waals surface area (Å²) in [6, 6.07) is 8.22. The fourth-order valence-corrected chi connectivity index (χ4v) is 2.72. The number of hydrogen-bond donors (Lipinski definition) is 3. The van der Waals surface area contributed by atoms with Gasteiger partial charge in [-0.2, -0.15) is 0 Å². The van der Waals surface area contributed by atoms with E-state index in [-0.39, 0.29) is 5.91 Å². The molecule has 0 saturated carbocycles. The molecule has 0 spiro atoms. The Labute approximate surface area is 136 Å². The Bertz CT molecular complexity index is 529. The molecule has 1 aromatic carbocycles. The van der Waals surface area contributed by atoms with Crippen LogP contribution in [0.1, 0.15) is 18.6 Å². The quantitative estimate of drug-likeness (QED) is 0.707. The first-order valence-corrected chi connectivity index (χ1v) is 7.77. The number of benzene rings is 1. The minimum absolute atomic E-state index is 0.132. The number of carbonyl (C=O) groups is 2. The van der Waals surface area contributed by atoms with Crippen molar-refractivity contribution in [2.24, 2.45) is 5.73 Å². The first kappa shape index (κ1) is 17.2. The summed E-state index contributed by atoms with van der Waals surface area (Å²) >= 11 is 0. The number of amides is 3. The second-order valence-corrected chi connectivity index (χ2v) is 5.78.